The summed E-state index contributed by atoms with van der Waals surface area (Å²) in [6.07, 6.45) is -5.48. The smallest absolute Gasteiger partial charge is 0.374 e. The summed E-state index contributed by atoms with van der Waals surface area (Å²) in [5.41, 5.74) is 1.93. The number of hydrogen-bond donors (Lipinski definition) is 1. The zero-order chi connectivity index (χ0) is 17.3. The minimum Gasteiger partial charge on any atom is -0.374 e. The minimum atomic E-state index is -4.33. The Kier molecular flexibility index (Phi) is 4.49. The lowest BCUT2D eigenvalue weighted by Gasteiger charge is -2.33. The second-order valence-corrected chi connectivity index (χ2v) is 5.94. The van der Waals surface area contributed by atoms with E-state index in [0.717, 1.165) is 5.56 Å². The van der Waals surface area contributed by atoms with Gasteiger partial charge in [0.15, 0.2) is 5.78 Å². The van der Waals surface area contributed by atoms with E-state index in [1.807, 2.05) is 0 Å². The van der Waals surface area contributed by atoms with Crippen molar-refractivity contribution in [3.63, 3.8) is 0 Å². The number of nitrogens with one attached hydrogen (secondary N) is 1. The number of benzene rings is 1. The van der Waals surface area contributed by atoms with Crippen molar-refractivity contribution in [3.8, 4) is 0 Å². The number of carbonyl (C=O) groups is 2. The van der Waals surface area contributed by atoms with Crippen LogP contribution in [0.5, 0.6) is 0 Å². The average molecular weight is 342 g/mol. The Morgan fingerprint density at radius 3 is 2.88 bits per heavy atom. The number of hydrogen-bond acceptors (Lipinski definition) is 3. The molecule has 0 aromatic heterocycles. The number of carbonyl (C=O) groups excluding carboxylic acids is 2. The van der Waals surface area contributed by atoms with E-state index in [9.17, 15) is 22.8 Å². The highest BCUT2D eigenvalue weighted by molar-refractivity contribution is 6.03. The second-order valence-electron chi connectivity index (χ2n) is 5.94. The number of halogens is 3. The molecule has 2 amide bonds. The van der Waals surface area contributed by atoms with E-state index in [1.165, 1.54) is 4.90 Å². The molecule has 0 radical (unpaired) electrons. The maximum atomic E-state index is 12.5. The number of ether oxygens (including phenoxy) is 1. The molecule has 5 nitrogen and oxygen atoms in total. The Morgan fingerprint density at radius 2 is 2.12 bits per heavy atom. The summed E-state index contributed by atoms with van der Waals surface area (Å²) in [6.45, 7) is 0.187. The SMILES string of the molecule is O=C1CCc2c(NC(=O)N3CCOC(CC(F)(F)F)C3)cccc21. The highest BCUT2D eigenvalue weighted by Gasteiger charge is 2.36. The van der Waals surface area contributed by atoms with Gasteiger partial charge in [0.1, 0.15) is 0 Å². The van der Waals surface area contributed by atoms with Crippen molar-refractivity contribution < 1.29 is 27.5 Å². The molecular weight excluding hydrogens is 325 g/mol. The quantitative estimate of drug-likeness (QED) is 0.899. The Morgan fingerprint density at radius 1 is 1.33 bits per heavy atom. The van der Waals surface area contributed by atoms with E-state index in [0.29, 0.717) is 24.1 Å². The highest BCUT2D eigenvalue weighted by Crippen LogP contribution is 2.29. The summed E-state index contributed by atoms with van der Waals surface area (Å²) in [5, 5.41) is 2.71. The van der Waals surface area contributed by atoms with Crippen molar-refractivity contribution in [1.82, 2.24) is 4.90 Å². The molecule has 1 aliphatic carbocycles. The molecular formula is C16H17F3N2O3. The van der Waals surface area contributed by atoms with Crippen LogP contribution in [0.25, 0.3) is 0 Å². The third-order valence-electron chi connectivity index (χ3n) is 4.21. The molecule has 2 aliphatic rings. The van der Waals surface area contributed by atoms with E-state index in [-0.39, 0.29) is 25.5 Å². The molecule has 1 aromatic rings. The summed E-state index contributed by atoms with van der Waals surface area (Å²) >= 11 is 0. The van der Waals surface area contributed by atoms with Crippen molar-refractivity contribution >= 4 is 17.5 Å². The van der Waals surface area contributed by atoms with Gasteiger partial charge in [-0.3, -0.25) is 4.79 Å². The minimum absolute atomic E-state index is 0.0395. The van der Waals surface area contributed by atoms with E-state index in [2.05, 4.69) is 5.32 Å². The van der Waals surface area contributed by atoms with E-state index >= 15 is 0 Å². The lowest BCUT2D eigenvalue weighted by Crippen LogP contribution is -2.48. The van der Waals surface area contributed by atoms with Crippen LogP contribution in [0.2, 0.25) is 0 Å². The van der Waals surface area contributed by atoms with Gasteiger partial charge in [-0.25, -0.2) is 4.79 Å². The lowest BCUT2D eigenvalue weighted by atomic mass is 10.1. The maximum absolute atomic E-state index is 12.5. The third kappa shape index (κ3) is 3.69. The van der Waals surface area contributed by atoms with Crippen LogP contribution in [0.3, 0.4) is 0 Å². The highest BCUT2D eigenvalue weighted by atomic mass is 19.4. The molecule has 0 bridgehead atoms. The summed E-state index contributed by atoms with van der Waals surface area (Å²) in [4.78, 5) is 25.4. The van der Waals surface area contributed by atoms with Crippen LogP contribution in [0.1, 0.15) is 28.8 Å². The molecule has 1 aliphatic heterocycles. The number of fused-ring (bicyclic) bond motifs is 1. The first-order valence-corrected chi connectivity index (χ1v) is 7.73. The van der Waals surface area contributed by atoms with Gasteiger partial charge in [0.05, 0.1) is 19.1 Å². The fourth-order valence-corrected chi connectivity index (χ4v) is 3.09. The predicted octanol–water partition coefficient (Wildman–Crippen LogP) is 3.00. The monoisotopic (exact) mass is 342 g/mol. The van der Waals surface area contributed by atoms with Crippen molar-refractivity contribution in [2.45, 2.75) is 31.5 Å². The first-order valence-electron chi connectivity index (χ1n) is 7.73. The first-order chi connectivity index (χ1) is 11.3. The number of nitrogens with zero attached hydrogens (tertiary/aromatic N) is 1. The lowest BCUT2D eigenvalue weighted by molar-refractivity contribution is -0.168. The molecule has 24 heavy (non-hydrogen) atoms. The number of amides is 2. The number of rotatable bonds is 2. The van der Waals surface area contributed by atoms with Gasteiger partial charge < -0.3 is 15.0 Å². The second kappa shape index (κ2) is 6.43. The molecule has 1 atom stereocenters. The van der Waals surface area contributed by atoms with Crippen LogP contribution in [-0.2, 0) is 11.2 Å². The van der Waals surface area contributed by atoms with Crippen LogP contribution < -0.4 is 5.32 Å². The van der Waals surface area contributed by atoms with Gasteiger partial charge in [0, 0.05) is 30.8 Å². The third-order valence-corrected chi connectivity index (χ3v) is 4.21. The summed E-state index contributed by atoms with van der Waals surface area (Å²) in [7, 11) is 0. The van der Waals surface area contributed by atoms with Crippen molar-refractivity contribution in [1.29, 1.82) is 0 Å². The number of Topliss-reactive ketones (excluding diaryl/α,β-unsaturated/α-hetero) is 1. The van der Waals surface area contributed by atoms with Crippen LogP contribution in [-0.4, -0.2) is 48.7 Å². The van der Waals surface area contributed by atoms with Gasteiger partial charge in [0.25, 0.3) is 0 Å². The van der Waals surface area contributed by atoms with Crippen LogP contribution in [0, 0.1) is 0 Å². The molecule has 0 spiro atoms. The van der Waals surface area contributed by atoms with Crippen molar-refractivity contribution in [3.05, 3.63) is 29.3 Å². The summed E-state index contributed by atoms with van der Waals surface area (Å²) < 4.78 is 42.5. The van der Waals surface area contributed by atoms with E-state index in [1.54, 1.807) is 18.2 Å². The van der Waals surface area contributed by atoms with Crippen LogP contribution >= 0.6 is 0 Å². The molecule has 0 saturated carbocycles. The van der Waals surface area contributed by atoms with Crippen LogP contribution in [0.4, 0.5) is 23.7 Å². The normalized spacial score (nSPS) is 20.9. The molecule has 1 aromatic carbocycles. The van der Waals surface area contributed by atoms with E-state index in [4.69, 9.17) is 4.74 Å². The van der Waals surface area contributed by atoms with Crippen molar-refractivity contribution in [2.24, 2.45) is 0 Å². The van der Waals surface area contributed by atoms with Crippen LogP contribution in [0.15, 0.2) is 18.2 Å². The Bertz CT molecular complexity index is 660. The molecule has 1 heterocycles. The van der Waals surface area contributed by atoms with Gasteiger partial charge in [-0.2, -0.15) is 13.2 Å². The van der Waals surface area contributed by atoms with Gasteiger partial charge in [0.2, 0.25) is 0 Å². The topological polar surface area (TPSA) is 58.6 Å². The van der Waals surface area contributed by atoms with Crippen molar-refractivity contribution in [2.75, 3.05) is 25.0 Å². The Labute approximate surface area is 136 Å². The number of alkyl halides is 3. The van der Waals surface area contributed by atoms with E-state index < -0.39 is 24.7 Å². The number of ketones is 1. The molecule has 3 rings (SSSR count). The number of morpholine rings is 1. The van der Waals surface area contributed by atoms with Gasteiger partial charge in [-0.1, -0.05) is 12.1 Å². The fourth-order valence-electron chi connectivity index (χ4n) is 3.09. The molecule has 8 heteroatoms. The summed E-state index contributed by atoms with van der Waals surface area (Å²) in [6, 6.07) is 4.62. The molecule has 1 N–H and O–H groups in total. The average Bonchev–Trinajstić information content (AvgIpc) is 2.88. The Balaban J connectivity index is 1.66. The summed E-state index contributed by atoms with van der Waals surface area (Å²) in [5.74, 6) is 0.0395. The number of urea groups is 1. The first kappa shape index (κ1) is 16.8. The van der Waals surface area contributed by atoms with Gasteiger partial charge in [-0.05, 0) is 18.1 Å². The standard InChI is InChI=1S/C16H17F3N2O3/c17-16(18,19)8-10-9-21(6-7-24-10)15(23)20-13-3-1-2-12-11(13)4-5-14(12)22/h1-3,10H,4-9H2,(H,20,23). The maximum Gasteiger partial charge on any atom is 0.391 e. The zero-order valence-corrected chi connectivity index (χ0v) is 12.9. The molecule has 1 unspecified atom stereocenters. The van der Waals surface area contributed by atoms with Gasteiger partial charge in [-0.15, -0.1) is 0 Å². The molecule has 130 valence electrons. The Hall–Kier alpha value is -2.09. The van der Waals surface area contributed by atoms with Gasteiger partial charge >= 0.3 is 12.2 Å². The zero-order valence-electron chi connectivity index (χ0n) is 12.9. The fraction of sp³-hybridized carbons (Fsp3) is 0.500. The predicted molar refractivity (Wildman–Crippen MR) is 80.1 cm³/mol. The molecule has 1 saturated heterocycles. The number of anilines is 1. The molecule has 1 fully saturated rings. The largest absolute Gasteiger partial charge is 0.391 e.